The minimum Gasteiger partial charge on any atom is -0.295 e. The molecule has 1 nitrogen and oxygen atoms in total. The fourth-order valence-corrected chi connectivity index (χ4v) is 1.92. The Balaban J connectivity index is 2.72. The number of hydrogen-bond acceptors (Lipinski definition) is 1. The Morgan fingerprint density at radius 3 is 2.92 bits per heavy atom. The van der Waals surface area contributed by atoms with E-state index in [1.165, 1.54) is 5.57 Å². The largest absolute Gasteiger partial charge is 0.295 e. The molecule has 0 radical (unpaired) electrons. The van der Waals surface area contributed by atoms with E-state index in [9.17, 15) is 4.79 Å². The van der Waals surface area contributed by atoms with Crippen molar-refractivity contribution in [3.05, 3.63) is 23.8 Å². The first-order chi connectivity index (χ1) is 6.16. The van der Waals surface area contributed by atoms with Gasteiger partial charge in [-0.15, -0.1) is 0 Å². The average molecular weight is 178 g/mol. The third kappa shape index (κ3) is 2.30. The van der Waals surface area contributed by atoms with Crippen molar-refractivity contribution in [1.29, 1.82) is 0 Å². The van der Waals surface area contributed by atoms with E-state index in [4.69, 9.17) is 0 Å². The highest BCUT2D eigenvalue weighted by Crippen LogP contribution is 2.30. The van der Waals surface area contributed by atoms with Crippen molar-refractivity contribution in [2.24, 2.45) is 11.8 Å². The minimum atomic E-state index is 0.223. The van der Waals surface area contributed by atoms with Crippen LogP contribution >= 0.6 is 0 Å². The van der Waals surface area contributed by atoms with E-state index in [1.807, 2.05) is 13.0 Å². The van der Waals surface area contributed by atoms with Crippen molar-refractivity contribution in [2.45, 2.75) is 33.6 Å². The van der Waals surface area contributed by atoms with Gasteiger partial charge in [-0.2, -0.15) is 0 Å². The molecular formula is C12H18O. The summed E-state index contributed by atoms with van der Waals surface area (Å²) in [5, 5.41) is 0. The molecule has 0 fully saturated rings. The van der Waals surface area contributed by atoms with Crippen LogP contribution in [0.1, 0.15) is 33.6 Å². The van der Waals surface area contributed by atoms with Crippen LogP contribution < -0.4 is 0 Å². The van der Waals surface area contributed by atoms with Crippen LogP contribution in [0.4, 0.5) is 0 Å². The average Bonchev–Trinajstić information content (AvgIpc) is 2.10. The van der Waals surface area contributed by atoms with Crippen LogP contribution in [-0.4, -0.2) is 5.78 Å². The van der Waals surface area contributed by atoms with Gasteiger partial charge in [0.1, 0.15) is 0 Å². The molecule has 0 aromatic rings. The van der Waals surface area contributed by atoms with E-state index < -0.39 is 0 Å². The molecule has 0 bridgehead atoms. The summed E-state index contributed by atoms with van der Waals surface area (Å²) in [7, 11) is 0. The fourth-order valence-electron chi connectivity index (χ4n) is 1.92. The van der Waals surface area contributed by atoms with Gasteiger partial charge in [0.25, 0.3) is 0 Å². The molecule has 13 heavy (non-hydrogen) atoms. The lowest BCUT2D eigenvalue weighted by atomic mass is 9.78. The third-order valence-corrected chi connectivity index (χ3v) is 2.96. The molecule has 1 aliphatic rings. The van der Waals surface area contributed by atoms with Crippen LogP contribution in [0.5, 0.6) is 0 Å². The van der Waals surface area contributed by atoms with Crippen molar-refractivity contribution < 1.29 is 4.79 Å². The predicted octanol–water partition coefficient (Wildman–Crippen LogP) is 3.12. The fraction of sp³-hybridized carbons (Fsp3) is 0.583. The summed E-state index contributed by atoms with van der Waals surface area (Å²) in [5.74, 6) is 0.945. The molecule has 72 valence electrons. The lowest BCUT2D eigenvalue weighted by Crippen LogP contribution is -2.23. The molecule has 0 spiro atoms. The van der Waals surface area contributed by atoms with Gasteiger partial charge in [0.15, 0.2) is 5.78 Å². The number of allylic oxidation sites excluding steroid dienone is 4. The first kappa shape index (κ1) is 10.2. The van der Waals surface area contributed by atoms with Crippen molar-refractivity contribution in [3.8, 4) is 0 Å². The number of rotatable bonds is 2. The van der Waals surface area contributed by atoms with Crippen LogP contribution in [0.15, 0.2) is 23.8 Å². The summed E-state index contributed by atoms with van der Waals surface area (Å²) < 4.78 is 0. The summed E-state index contributed by atoms with van der Waals surface area (Å²) in [6.45, 7) is 6.17. The topological polar surface area (TPSA) is 17.1 Å². The smallest absolute Gasteiger partial charge is 0.159 e. The van der Waals surface area contributed by atoms with E-state index >= 15 is 0 Å². The number of carbonyl (C=O) groups excluding carboxylic acids is 1. The molecule has 1 aliphatic carbocycles. The van der Waals surface area contributed by atoms with Gasteiger partial charge in [0.05, 0.1) is 0 Å². The Morgan fingerprint density at radius 1 is 1.62 bits per heavy atom. The van der Waals surface area contributed by atoms with Gasteiger partial charge >= 0.3 is 0 Å². The van der Waals surface area contributed by atoms with Gasteiger partial charge in [-0.3, -0.25) is 4.79 Å². The Labute approximate surface area is 80.5 Å². The number of carbonyl (C=O) groups is 1. The van der Waals surface area contributed by atoms with E-state index in [0.717, 1.165) is 12.8 Å². The van der Waals surface area contributed by atoms with Gasteiger partial charge < -0.3 is 0 Å². The molecule has 0 saturated carbocycles. The third-order valence-electron chi connectivity index (χ3n) is 2.96. The highest BCUT2D eigenvalue weighted by Gasteiger charge is 2.26. The number of ketones is 1. The minimum absolute atomic E-state index is 0.223. The Bertz CT molecular complexity index is 248. The van der Waals surface area contributed by atoms with Crippen LogP contribution in [0.2, 0.25) is 0 Å². The van der Waals surface area contributed by atoms with Crippen molar-refractivity contribution >= 4 is 5.78 Å². The summed E-state index contributed by atoms with van der Waals surface area (Å²) in [4.78, 5) is 11.6. The molecule has 0 aliphatic heterocycles. The normalized spacial score (nSPS) is 29.0. The Morgan fingerprint density at radius 2 is 2.31 bits per heavy atom. The molecule has 0 N–H and O–H groups in total. The van der Waals surface area contributed by atoms with E-state index in [2.05, 4.69) is 19.9 Å². The molecule has 0 aromatic carbocycles. The zero-order valence-corrected chi connectivity index (χ0v) is 8.71. The van der Waals surface area contributed by atoms with Crippen LogP contribution in [0.25, 0.3) is 0 Å². The van der Waals surface area contributed by atoms with E-state index in [1.54, 1.807) is 6.08 Å². The standard InChI is InChI=1S/C12H18O/c1-4-6-12(13)11-8-5-7-9(2)10(11)3/h4,6-7,10-11H,5,8H2,1-3H3/b6-4+. The SMILES string of the molecule is C/C=C/C(=O)C1CCC=C(C)C1C. The summed E-state index contributed by atoms with van der Waals surface area (Å²) >= 11 is 0. The van der Waals surface area contributed by atoms with Crippen LogP contribution in [0.3, 0.4) is 0 Å². The quantitative estimate of drug-likeness (QED) is 0.469. The first-order valence-electron chi connectivity index (χ1n) is 5.00. The van der Waals surface area contributed by atoms with Gasteiger partial charge in [0.2, 0.25) is 0 Å². The molecular weight excluding hydrogens is 160 g/mol. The molecule has 2 atom stereocenters. The molecule has 2 unspecified atom stereocenters. The molecule has 1 heteroatoms. The second-order valence-electron chi connectivity index (χ2n) is 3.82. The van der Waals surface area contributed by atoms with Crippen LogP contribution in [0, 0.1) is 11.8 Å². The molecule has 1 rings (SSSR count). The lowest BCUT2D eigenvalue weighted by molar-refractivity contribution is -0.119. The highest BCUT2D eigenvalue weighted by molar-refractivity contribution is 5.92. The summed E-state index contributed by atoms with van der Waals surface area (Å²) in [6.07, 6.45) is 7.87. The maximum atomic E-state index is 11.6. The molecule has 0 heterocycles. The number of hydrogen-bond donors (Lipinski definition) is 0. The molecule has 0 amide bonds. The monoisotopic (exact) mass is 178 g/mol. The second-order valence-corrected chi connectivity index (χ2v) is 3.82. The maximum absolute atomic E-state index is 11.6. The zero-order valence-electron chi connectivity index (χ0n) is 8.71. The molecule has 0 aromatic heterocycles. The van der Waals surface area contributed by atoms with Crippen molar-refractivity contribution in [2.75, 3.05) is 0 Å². The second kappa shape index (κ2) is 4.40. The maximum Gasteiger partial charge on any atom is 0.159 e. The zero-order chi connectivity index (χ0) is 9.84. The van der Waals surface area contributed by atoms with Gasteiger partial charge in [0, 0.05) is 5.92 Å². The Kier molecular flexibility index (Phi) is 3.47. The highest BCUT2D eigenvalue weighted by atomic mass is 16.1. The van der Waals surface area contributed by atoms with Crippen molar-refractivity contribution in [3.63, 3.8) is 0 Å². The van der Waals surface area contributed by atoms with Gasteiger partial charge in [-0.25, -0.2) is 0 Å². The van der Waals surface area contributed by atoms with E-state index in [-0.39, 0.29) is 5.92 Å². The first-order valence-corrected chi connectivity index (χ1v) is 5.00. The lowest BCUT2D eigenvalue weighted by Gasteiger charge is -2.26. The summed E-state index contributed by atoms with van der Waals surface area (Å²) in [6, 6.07) is 0. The summed E-state index contributed by atoms with van der Waals surface area (Å²) in [5.41, 5.74) is 1.37. The van der Waals surface area contributed by atoms with Crippen LogP contribution in [-0.2, 0) is 4.79 Å². The predicted molar refractivity (Wildman–Crippen MR) is 55.5 cm³/mol. The Hall–Kier alpha value is -0.850. The molecule has 0 saturated heterocycles. The van der Waals surface area contributed by atoms with Gasteiger partial charge in [-0.1, -0.05) is 24.6 Å². The van der Waals surface area contributed by atoms with E-state index in [0.29, 0.717) is 11.7 Å². The van der Waals surface area contributed by atoms with Crippen molar-refractivity contribution in [1.82, 2.24) is 0 Å². The van der Waals surface area contributed by atoms with Gasteiger partial charge in [-0.05, 0) is 38.7 Å².